The molecule has 2 nitrogen and oxygen atoms in total. The zero-order chi connectivity index (χ0) is 13.8. The molecule has 0 spiro atoms. The summed E-state index contributed by atoms with van der Waals surface area (Å²) in [5.74, 6) is -0.353. The number of hydrogen-bond donors (Lipinski definition) is 2. The fourth-order valence-corrected chi connectivity index (χ4v) is 2.17. The van der Waals surface area contributed by atoms with E-state index < -0.39 is 0 Å². The van der Waals surface area contributed by atoms with Crippen molar-refractivity contribution in [3.63, 3.8) is 0 Å². The zero-order valence-corrected chi connectivity index (χ0v) is 11.5. The highest BCUT2D eigenvalue weighted by atomic mass is 35.5. The van der Waals surface area contributed by atoms with Crippen molar-refractivity contribution >= 4 is 28.9 Å². The van der Waals surface area contributed by atoms with E-state index in [0.717, 1.165) is 5.56 Å². The van der Waals surface area contributed by atoms with Crippen LogP contribution in [0.3, 0.4) is 0 Å². The summed E-state index contributed by atoms with van der Waals surface area (Å²) in [5.41, 5.74) is 7.19. The van der Waals surface area contributed by atoms with Crippen LogP contribution >= 0.6 is 23.2 Å². The fraction of sp³-hybridized carbons (Fsp3) is 0.143. The summed E-state index contributed by atoms with van der Waals surface area (Å²) in [4.78, 5) is 0. The van der Waals surface area contributed by atoms with E-state index in [0.29, 0.717) is 22.3 Å². The Hall–Kier alpha value is -1.29. The lowest BCUT2D eigenvalue weighted by molar-refractivity contribution is 0.627. The van der Waals surface area contributed by atoms with Gasteiger partial charge in [0.15, 0.2) is 0 Å². The molecule has 0 radical (unpaired) electrons. The van der Waals surface area contributed by atoms with Crippen LogP contribution < -0.4 is 11.1 Å². The monoisotopic (exact) mass is 298 g/mol. The quantitative estimate of drug-likeness (QED) is 0.886. The SMILES string of the molecule is NCC(Nc1cc(F)ccc1Cl)c1cccc(Cl)c1. The van der Waals surface area contributed by atoms with Gasteiger partial charge in [-0.25, -0.2) is 4.39 Å². The number of rotatable bonds is 4. The van der Waals surface area contributed by atoms with Gasteiger partial charge in [0.25, 0.3) is 0 Å². The minimum atomic E-state index is -0.353. The van der Waals surface area contributed by atoms with Crippen LogP contribution in [-0.2, 0) is 0 Å². The van der Waals surface area contributed by atoms with Gasteiger partial charge in [0, 0.05) is 11.6 Å². The number of anilines is 1. The van der Waals surface area contributed by atoms with E-state index >= 15 is 0 Å². The standard InChI is InChI=1S/C14H13Cl2FN2/c15-10-3-1-2-9(6-10)14(8-18)19-13-7-11(17)4-5-12(13)16/h1-7,14,19H,8,18H2. The van der Waals surface area contributed by atoms with Crippen molar-refractivity contribution in [2.45, 2.75) is 6.04 Å². The summed E-state index contributed by atoms with van der Waals surface area (Å²) in [7, 11) is 0. The van der Waals surface area contributed by atoms with E-state index in [1.54, 1.807) is 6.07 Å². The van der Waals surface area contributed by atoms with Crippen LogP contribution in [0, 0.1) is 5.82 Å². The van der Waals surface area contributed by atoms with Crippen molar-refractivity contribution in [2.75, 3.05) is 11.9 Å². The molecule has 2 aromatic carbocycles. The van der Waals surface area contributed by atoms with Crippen molar-refractivity contribution in [1.29, 1.82) is 0 Å². The molecule has 1 unspecified atom stereocenters. The number of nitrogens with one attached hydrogen (secondary N) is 1. The number of benzene rings is 2. The lowest BCUT2D eigenvalue weighted by Crippen LogP contribution is -2.20. The molecule has 0 amide bonds. The first-order valence-corrected chi connectivity index (χ1v) is 6.53. The molecule has 0 saturated heterocycles. The first-order valence-electron chi connectivity index (χ1n) is 5.77. The highest BCUT2D eigenvalue weighted by molar-refractivity contribution is 6.33. The van der Waals surface area contributed by atoms with Crippen molar-refractivity contribution in [3.8, 4) is 0 Å². The van der Waals surface area contributed by atoms with E-state index in [1.807, 2.05) is 18.2 Å². The topological polar surface area (TPSA) is 38.0 Å². The molecule has 1 atom stereocenters. The Morgan fingerprint density at radius 2 is 1.95 bits per heavy atom. The average molecular weight is 299 g/mol. The van der Waals surface area contributed by atoms with Crippen molar-refractivity contribution in [3.05, 3.63) is 63.9 Å². The van der Waals surface area contributed by atoms with Gasteiger partial charge >= 0.3 is 0 Å². The zero-order valence-electron chi connectivity index (χ0n) is 10.0. The van der Waals surface area contributed by atoms with Gasteiger partial charge in [-0.2, -0.15) is 0 Å². The molecule has 0 aromatic heterocycles. The van der Waals surface area contributed by atoms with Gasteiger partial charge in [0.05, 0.1) is 16.8 Å². The average Bonchev–Trinajstić information content (AvgIpc) is 2.39. The third kappa shape index (κ3) is 3.60. The van der Waals surface area contributed by atoms with Crippen molar-refractivity contribution < 1.29 is 4.39 Å². The predicted octanol–water partition coefficient (Wildman–Crippen LogP) is 4.24. The third-order valence-electron chi connectivity index (χ3n) is 2.74. The Morgan fingerprint density at radius 1 is 1.16 bits per heavy atom. The van der Waals surface area contributed by atoms with E-state index in [1.165, 1.54) is 18.2 Å². The van der Waals surface area contributed by atoms with Crippen LogP contribution in [0.25, 0.3) is 0 Å². The van der Waals surface area contributed by atoms with E-state index in [9.17, 15) is 4.39 Å². The molecule has 100 valence electrons. The van der Waals surface area contributed by atoms with Crippen LogP contribution in [0.2, 0.25) is 10.0 Å². The number of hydrogen-bond acceptors (Lipinski definition) is 2. The highest BCUT2D eigenvalue weighted by Crippen LogP contribution is 2.27. The van der Waals surface area contributed by atoms with Gasteiger partial charge in [-0.15, -0.1) is 0 Å². The van der Waals surface area contributed by atoms with Gasteiger partial charge in [-0.1, -0.05) is 35.3 Å². The van der Waals surface area contributed by atoms with Crippen molar-refractivity contribution in [2.24, 2.45) is 5.73 Å². The minimum Gasteiger partial charge on any atom is -0.376 e. The Labute approximate surface area is 121 Å². The predicted molar refractivity (Wildman–Crippen MR) is 78.3 cm³/mol. The summed E-state index contributed by atoms with van der Waals surface area (Å²) in [5, 5.41) is 4.20. The molecule has 0 aliphatic carbocycles. The largest absolute Gasteiger partial charge is 0.376 e. The second-order valence-corrected chi connectivity index (χ2v) is 4.96. The van der Waals surface area contributed by atoms with Crippen LogP contribution in [-0.4, -0.2) is 6.54 Å². The molecular formula is C14H13Cl2FN2. The molecule has 2 rings (SSSR count). The molecule has 0 aliphatic rings. The van der Waals surface area contributed by atoms with E-state index in [2.05, 4.69) is 5.32 Å². The molecule has 0 aliphatic heterocycles. The molecular weight excluding hydrogens is 286 g/mol. The molecule has 5 heteroatoms. The van der Waals surface area contributed by atoms with E-state index in [4.69, 9.17) is 28.9 Å². The lowest BCUT2D eigenvalue weighted by Gasteiger charge is -2.19. The Balaban J connectivity index is 2.26. The van der Waals surface area contributed by atoms with Gasteiger partial charge in [-0.05, 0) is 35.9 Å². The van der Waals surface area contributed by atoms with Crippen LogP contribution in [0.15, 0.2) is 42.5 Å². The van der Waals surface area contributed by atoms with Gasteiger partial charge < -0.3 is 11.1 Å². The van der Waals surface area contributed by atoms with Crippen LogP contribution in [0.1, 0.15) is 11.6 Å². The smallest absolute Gasteiger partial charge is 0.125 e. The molecule has 3 N–H and O–H groups in total. The lowest BCUT2D eigenvalue weighted by atomic mass is 10.1. The number of nitrogens with two attached hydrogens (primary N) is 1. The van der Waals surface area contributed by atoms with Crippen molar-refractivity contribution in [1.82, 2.24) is 0 Å². The summed E-state index contributed by atoms with van der Waals surface area (Å²) in [6.45, 7) is 0.340. The molecule has 0 heterocycles. The van der Waals surface area contributed by atoms with Crippen LogP contribution in [0.5, 0.6) is 0 Å². The van der Waals surface area contributed by atoms with Gasteiger partial charge in [0.1, 0.15) is 5.82 Å². The second kappa shape index (κ2) is 6.24. The third-order valence-corrected chi connectivity index (χ3v) is 3.31. The second-order valence-electron chi connectivity index (χ2n) is 4.11. The normalized spacial score (nSPS) is 12.2. The summed E-state index contributed by atoms with van der Waals surface area (Å²) in [6.07, 6.45) is 0. The Bertz CT molecular complexity index is 575. The fourth-order valence-electron chi connectivity index (χ4n) is 1.80. The maximum absolute atomic E-state index is 13.2. The summed E-state index contributed by atoms with van der Waals surface area (Å²) < 4.78 is 13.2. The first kappa shape index (κ1) is 14.1. The molecule has 19 heavy (non-hydrogen) atoms. The molecule has 0 bridgehead atoms. The molecule has 0 fully saturated rings. The summed E-state index contributed by atoms with van der Waals surface area (Å²) in [6, 6.07) is 11.3. The number of halogens is 3. The van der Waals surface area contributed by atoms with Gasteiger partial charge in [0.2, 0.25) is 0 Å². The molecule has 2 aromatic rings. The summed E-state index contributed by atoms with van der Waals surface area (Å²) >= 11 is 12.0. The van der Waals surface area contributed by atoms with E-state index in [-0.39, 0.29) is 11.9 Å². The Morgan fingerprint density at radius 3 is 2.63 bits per heavy atom. The highest BCUT2D eigenvalue weighted by Gasteiger charge is 2.12. The maximum Gasteiger partial charge on any atom is 0.125 e. The van der Waals surface area contributed by atoms with Crippen LogP contribution in [0.4, 0.5) is 10.1 Å². The minimum absolute atomic E-state index is 0.182. The Kier molecular flexibility index (Phi) is 4.64. The van der Waals surface area contributed by atoms with Gasteiger partial charge in [-0.3, -0.25) is 0 Å². The maximum atomic E-state index is 13.2. The molecule has 0 saturated carbocycles. The first-order chi connectivity index (χ1) is 9.10.